The number of nitrogens with one attached hydrogen (secondary N) is 1. The average Bonchev–Trinajstić information content (AvgIpc) is 2.67. The molecule has 6 heteroatoms. The lowest BCUT2D eigenvalue weighted by molar-refractivity contribution is 0.260. The second-order valence-electron chi connectivity index (χ2n) is 6.87. The molecule has 0 bridgehead atoms. The molecule has 1 fully saturated rings. The van der Waals surface area contributed by atoms with E-state index in [1.165, 1.54) is 0 Å². The number of piperidine rings is 1. The maximum atomic E-state index is 13.3. The minimum Gasteiger partial charge on any atom is -0.317 e. The largest absolute Gasteiger partial charge is 0.317 e. The van der Waals surface area contributed by atoms with Crippen molar-refractivity contribution in [3.8, 4) is 0 Å². The van der Waals surface area contributed by atoms with Crippen LogP contribution in [0.25, 0.3) is 0 Å². The lowest BCUT2D eigenvalue weighted by atomic mass is 10.1. The van der Waals surface area contributed by atoms with Gasteiger partial charge < -0.3 is 5.32 Å². The second-order valence-corrected chi connectivity index (χ2v) is 8.77. The van der Waals surface area contributed by atoms with E-state index in [-0.39, 0.29) is 6.04 Å². The normalized spacial score (nSPS) is 16.1. The van der Waals surface area contributed by atoms with Crippen LogP contribution in [0.3, 0.4) is 0 Å². The number of hydrogen-bond donors (Lipinski definition) is 1. The number of benzene rings is 1. The van der Waals surface area contributed by atoms with Gasteiger partial charge >= 0.3 is 0 Å². The summed E-state index contributed by atoms with van der Waals surface area (Å²) < 4.78 is 28.3. The molecule has 1 aromatic heterocycles. The molecule has 1 saturated heterocycles. The lowest BCUT2D eigenvalue weighted by Crippen LogP contribution is -2.46. The summed E-state index contributed by atoms with van der Waals surface area (Å²) in [5.41, 5.74) is 2.21. The van der Waals surface area contributed by atoms with Crippen molar-refractivity contribution in [3.05, 3.63) is 59.9 Å². The van der Waals surface area contributed by atoms with Gasteiger partial charge in [-0.15, -0.1) is 0 Å². The van der Waals surface area contributed by atoms with Crippen LogP contribution in [-0.2, 0) is 16.4 Å². The minimum atomic E-state index is -3.48. The third-order valence-corrected chi connectivity index (χ3v) is 6.88. The first-order valence-electron chi connectivity index (χ1n) is 9.25. The van der Waals surface area contributed by atoms with E-state index >= 15 is 0 Å². The van der Waals surface area contributed by atoms with Gasteiger partial charge in [0.1, 0.15) is 0 Å². The Labute approximate surface area is 156 Å². The van der Waals surface area contributed by atoms with Gasteiger partial charge in [0.25, 0.3) is 0 Å². The predicted molar refractivity (Wildman–Crippen MR) is 104 cm³/mol. The molecule has 0 radical (unpaired) electrons. The fourth-order valence-electron chi connectivity index (χ4n) is 3.42. The zero-order chi connectivity index (χ0) is 18.4. The standard InChI is InChI=1S/C20H27N3O2S/c1-17-6-8-20(9-7-17)26(24,25)23(19-10-13-21-14-11-19)15-3-5-18-4-2-12-22-16-18/h2,4,6-9,12,16,19,21H,3,5,10-11,13-15H2,1H3. The number of hydrogen-bond acceptors (Lipinski definition) is 4. The third-order valence-electron chi connectivity index (χ3n) is 4.91. The van der Waals surface area contributed by atoms with Gasteiger partial charge in [0, 0.05) is 25.0 Å². The molecule has 0 amide bonds. The monoisotopic (exact) mass is 373 g/mol. The van der Waals surface area contributed by atoms with Gasteiger partial charge in [0.15, 0.2) is 0 Å². The van der Waals surface area contributed by atoms with E-state index < -0.39 is 10.0 Å². The molecule has 3 rings (SSSR count). The van der Waals surface area contributed by atoms with E-state index in [4.69, 9.17) is 0 Å². The third kappa shape index (κ3) is 4.69. The first-order valence-corrected chi connectivity index (χ1v) is 10.7. The topological polar surface area (TPSA) is 62.3 Å². The summed E-state index contributed by atoms with van der Waals surface area (Å²) >= 11 is 0. The highest BCUT2D eigenvalue weighted by Crippen LogP contribution is 2.23. The van der Waals surface area contributed by atoms with Crippen molar-refractivity contribution in [2.75, 3.05) is 19.6 Å². The van der Waals surface area contributed by atoms with E-state index in [1.807, 2.05) is 37.4 Å². The van der Waals surface area contributed by atoms with Crippen LogP contribution in [0.4, 0.5) is 0 Å². The maximum Gasteiger partial charge on any atom is 0.243 e. The van der Waals surface area contributed by atoms with Crippen LogP contribution in [0, 0.1) is 6.92 Å². The van der Waals surface area contributed by atoms with E-state index in [0.29, 0.717) is 11.4 Å². The van der Waals surface area contributed by atoms with Crippen LogP contribution >= 0.6 is 0 Å². The summed E-state index contributed by atoms with van der Waals surface area (Å²) in [6.45, 7) is 4.24. The average molecular weight is 374 g/mol. The Hall–Kier alpha value is -1.76. The molecule has 2 aromatic rings. The Morgan fingerprint density at radius 2 is 1.88 bits per heavy atom. The van der Waals surface area contributed by atoms with Crippen molar-refractivity contribution in [1.29, 1.82) is 0 Å². The van der Waals surface area contributed by atoms with Crippen LogP contribution in [0.1, 0.15) is 30.4 Å². The molecule has 1 aliphatic heterocycles. The van der Waals surface area contributed by atoms with Crippen molar-refractivity contribution < 1.29 is 8.42 Å². The number of nitrogens with zero attached hydrogens (tertiary/aromatic N) is 2. The Kier molecular flexibility index (Phi) is 6.40. The summed E-state index contributed by atoms with van der Waals surface area (Å²) in [5, 5.41) is 3.32. The molecule has 0 saturated carbocycles. The van der Waals surface area contributed by atoms with Crippen LogP contribution in [0.2, 0.25) is 0 Å². The SMILES string of the molecule is Cc1ccc(S(=O)(=O)N(CCCc2cccnc2)C2CCNCC2)cc1. The van der Waals surface area contributed by atoms with Gasteiger partial charge in [0.2, 0.25) is 10.0 Å². The second kappa shape index (κ2) is 8.75. The molecule has 1 aromatic carbocycles. The van der Waals surface area contributed by atoms with Gasteiger partial charge in [0.05, 0.1) is 4.90 Å². The van der Waals surface area contributed by atoms with Crippen LogP contribution in [0.15, 0.2) is 53.7 Å². The Bertz CT molecular complexity index is 786. The molecule has 1 aliphatic rings. The van der Waals surface area contributed by atoms with Gasteiger partial charge in [-0.05, 0) is 69.5 Å². The summed E-state index contributed by atoms with van der Waals surface area (Å²) in [7, 11) is -3.48. The van der Waals surface area contributed by atoms with E-state index in [1.54, 1.807) is 22.6 Å². The van der Waals surface area contributed by atoms with Crippen molar-refractivity contribution >= 4 is 10.0 Å². The molecule has 26 heavy (non-hydrogen) atoms. The highest BCUT2D eigenvalue weighted by Gasteiger charge is 2.31. The summed E-state index contributed by atoms with van der Waals surface area (Å²) in [5.74, 6) is 0. The maximum absolute atomic E-state index is 13.3. The van der Waals surface area contributed by atoms with Crippen molar-refractivity contribution in [2.45, 2.75) is 43.5 Å². The molecular weight excluding hydrogens is 346 g/mol. The molecule has 140 valence electrons. The van der Waals surface area contributed by atoms with Crippen LogP contribution in [-0.4, -0.2) is 43.4 Å². The highest BCUT2D eigenvalue weighted by molar-refractivity contribution is 7.89. The predicted octanol–water partition coefficient (Wildman–Crippen LogP) is 2.77. The highest BCUT2D eigenvalue weighted by atomic mass is 32.2. The summed E-state index contributed by atoms with van der Waals surface area (Å²) in [6.07, 6.45) is 6.95. The molecule has 0 spiro atoms. The van der Waals surface area contributed by atoms with Crippen LogP contribution in [0.5, 0.6) is 0 Å². The molecule has 1 N–H and O–H groups in total. The number of aryl methyl sites for hydroxylation is 2. The lowest BCUT2D eigenvalue weighted by Gasteiger charge is -2.34. The number of rotatable bonds is 7. The Balaban J connectivity index is 1.77. The fraction of sp³-hybridized carbons (Fsp3) is 0.450. The molecule has 0 aliphatic carbocycles. The minimum absolute atomic E-state index is 0.0662. The number of pyridine rings is 1. The van der Waals surface area contributed by atoms with Crippen LogP contribution < -0.4 is 5.32 Å². The molecule has 0 atom stereocenters. The van der Waals surface area contributed by atoms with Gasteiger partial charge in [-0.1, -0.05) is 23.8 Å². The fourth-order valence-corrected chi connectivity index (χ4v) is 5.15. The smallest absolute Gasteiger partial charge is 0.243 e. The first kappa shape index (κ1) is 19.0. The summed E-state index contributed by atoms with van der Waals surface area (Å²) in [4.78, 5) is 4.53. The van der Waals surface area contributed by atoms with Gasteiger partial charge in [-0.25, -0.2) is 8.42 Å². The molecule has 0 unspecified atom stereocenters. The molecule has 5 nitrogen and oxygen atoms in total. The quantitative estimate of drug-likeness (QED) is 0.811. The zero-order valence-electron chi connectivity index (χ0n) is 15.3. The summed E-state index contributed by atoms with van der Waals surface area (Å²) in [6, 6.07) is 11.2. The van der Waals surface area contributed by atoms with Crippen molar-refractivity contribution in [2.24, 2.45) is 0 Å². The molecular formula is C20H27N3O2S. The van der Waals surface area contributed by atoms with Gasteiger partial charge in [-0.2, -0.15) is 4.31 Å². The van der Waals surface area contributed by atoms with E-state index in [0.717, 1.165) is 49.9 Å². The molecule has 2 heterocycles. The number of aromatic nitrogens is 1. The van der Waals surface area contributed by atoms with E-state index in [9.17, 15) is 8.42 Å². The Morgan fingerprint density at radius 3 is 2.54 bits per heavy atom. The van der Waals surface area contributed by atoms with Gasteiger partial charge in [-0.3, -0.25) is 4.98 Å². The van der Waals surface area contributed by atoms with Crippen molar-refractivity contribution in [1.82, 2.24) is 14.6 Å². The number of sulfonamides is 1. The zero-order valence-corrected chi connectivity index (χ0v) is 16.1. The first-order chi connectivity index (χ1) is 12.6. The van der Waals surface area contributed by atoms with E-state index in [2.05, 4.69) is 10.3 Å². The Morgan fingerprint density at radius 1 is 1.15 bits per heavy atom. The van der Waals surface area contributed by atoms with Crippen molar-refractivity contribution in [3.63, 3.8) is 0 Å².